The Morgan fingerprint density at radius 1 is 1.14 bits per heavy atom. The maximum Gasteiger partial charge on any atom is 0.331 e. The van der Waals surface area contributed by atoms with Gasteiger partial charge in [0.25, 0.3) is 0 Å². The van der Waals surface area contributed by atoms with Crippen LogP contribution in [0.4, 0.5) is 11.5 Å². The summed E-state index contributed by atoms with van der Waals surface area (Å²) in [5.41, 5.74) is 2.75. The fraction of sp³-hybridized carbons (Fsp3) is 0.267. The van der Waals surface area contributed by atoms with Crippen LogP contribution in [0.3, 0.4) is 0 Å². The highest BCUT2D eigenvalue weighted by atomic mass is 16.6. The zero-order chi connectivity index (χ0) is 15.6. The van der Waals surface area contributed by atoms with Crippen molar-refractivity contribution in [2.75, 3.05) is 12.4 Å². The molecule has 0 spiro atoms. The Balaban J connectivity index is 2.53. The number of aromatic nitrogens is 1. The van der Waals surface area contributed by atoms with Crippen molar-refractivity contribution in [3.8, 4) is 11.6 Å². The Bertz CT molecular complexity index is 699. The van der Waals surface area contributed by atoms with Crippen molar-refractivity contribution >= 4 is 11.5 Å². The number of rotatable bonds is 4. The molecule has 110 valence electrons. The van der Waals surface area contributed by atoms with Crippen LogP contribution in [0.15, 0.2) is 24.3 Å². The number of ether oxygens (including phenoxy) is 1. The summed E-state index contributed by atoms with van der Waals surface area (Å²) in [5.74, 6) is 1.11. The van der Waals surface area contributed by atoms with Crippen LogP contribution in [0.5, 0.6) is 11.6 Å². The molecule has 0 amide bonds. The number of hydrogen-bond acceptors (Lipinski definition) is 5. The lowest BCUT2D eigenvalue weighted by atomic mass is 10.1. The van der Waals surface area contributed by atoms with Gasteiger partial charge in [0.15, 0.2) is 0 Å². The Morgan fingerprint density at radius 3 is 2.43 bits per heavy atom. The first-order chi connectivity index (χ1) is 9.93. The molecule has 2 rings (SSSR count). The van der Waals surface area contributed by atoms with E-state index in [1.165, 1.54) is 6.07 Å². The second-order valence-corrected chi connectivity index (χ2v) is 4.78. The highest BCUT2D eigenvalue weighted by molar-refractivity contribution is 5.53. The van der Waals surface area contributed by atoms with E-state index in [9.17, 15) is 10.1 Å². The first-order valence-corrected chi connectivity index (χ1v) is 6.52. The topological polar surface area (TPSA) is 77.3 Å². The molecule has 0 saturated carbocycles. The standard InChI is InChI=1S/C15H17N3O3/c1-9-5-6-10(2)14(11(9)3)21-15-12(18(19)20)7-8-13(16-4)17-15/h5-8H,1-4H3,(H,16,17). The summed E-state index contributed by atoms with van der Waals surface area (Å²) in [6, 6.07) is 6.84. The van der Waals surface area contributed by atoms with E-state index in [0.717, 1.165) is 16.7 Å². The zero-order valence-electron chi connectivity index (χ0n) is 12.4. The third-order valence-electron chi connectivity index (χ3n) is 3.37. The van der Waals surface area contributed by atoms with E-state index < -0.39 is 4.92 Å². The van der Waals surface area contributed by atoms with Crippen LogP contribution in [0, 0.1) is 30.9 Å². The minimum absolute atomic E-state index is 0.0105. The van der Waals surface area contributed by atoms with Crippen molar-refractivity contribution < 1.29 is 9.66 Å². The van der Waals surface area contributed by atoms with E-state index in [4.69, 9.17) is 4.74 Å². The van der Waals surface area contributed by atoms with Gasteiger partial charge < -0.3 is 10.1 Å². The Labute approximate surface area is 122 Å². The fourth-order valence-corrected chi connectivity index (χ4v) is 1.97. The van der Waals surface area contributed by atoms with Crippen LogP contribution in [0.25, 0.3) is 0 Å². The second kappa shape index (κ2) is 5.78. The highest BCUT2D eigenvalue weighted by Crippen LogP contribution is 2.35. The molecular weight excluding hydrogens is 270 g/mol. The Kier molecular flexibility index (Phi) is 4.07. The molecule has 0 fully saturated rings. The third-order valence-corrected chi connectivity index (χ3v) is 3.37. The lowest BCUT2D eigenvalue weighted by Gasteiger charge is -2.13. The van der Waals surface area contributed by atoms with Gasteiger partial charge in [-0.2, -0.15) is 4.98 Å². The van der Waals surface area contributed by atoms with Crippen molar-refractivity contribution in [2.24, 2.45) is 0 Å². The monoisotopic (exact) mass is 287 g/mol. The number of aryl methyl sites for hydroxylation is 2. The summed E-state index contributed by atoms with van der Waals surface area (Å²) >= 11 is 0. The molecule has 0 saturated heterocycles. The number of anilines is 1. The normalized spacial score (nSPS) is 10.3. The van der Waals surface area contributed by atoms with E-state index in [0.29, 0.717) is 11.6 Å². The van der Waals surface area contributed by atoms with Gasteiger partial charge in [-0.05, 0) is 43.5 Å². The van der Waals surface area contributed by atoms with Crippen LogP contribution in [-0.2, 0) is 0 Å². The minimum Gasteiger partial charge on any atom is -0.433 e. The molecule has 2 aromatic rings. The number of nitro groups is 1. The first-order valence-electron chi connectivity index (χ1n) is 6.52. The second-order valence-electron chi connectivity index (χ2n) is 4.78. The number of nitrogens with zero attached hydrogens (tertiary/aromatic N) is 2. The number of nitrogens with one attached hydrogen (secondary N) is 1. The predicted octanol–water partition coefficient (Wildman–Crippen LogP) is 3.75. The van der Waals surface area contributed by atoms with E-state index in [-0.39, 0.29) is 11.6 Å². The number of benzene rings is 1. The van der Waals surface area contributed by atoms with Gasteiger partial charge in [0.1, 0.15) is 11.6 Å². The van der Waals surface area contributed by atoms with E-state index in [1.807, 2.05) is 32.9 Å². The average molecular weight is 287 g/mol. The Hall–Kier alpha value is -2.63. The van der Waals surface area contributed by atoms with E-state index in [1.54, 1.807) is 13.1 Å². The summed E-state index contributed by atoms with van der Waals surface area (Å²) in [4.78, 5) is 14.8. The van der Waals surface area contributed by atoms with Crippen molar-refractivity contribution in [3.05, 3.63) is 51.1 Å². The molecular formula is C15H17N3O3. The van der Waals surface area contributed by atoms with Gasteiger partial charge >= 0.3 is 11.6 Å². The maximum atomic E-state index is 11.1. The molecule has 6 heteroatoms. The molecule has 1 heterocycles. The summed E-state index contributed by atoms with van der Waals surface area (Å²) in [6.07, 6.45) is 0. The molecule has 21 heavy (non-hydrogen) atoms. The lowest BCUT2D eigenvalue weighted by molar-refractivity contribution is -0.386. The lowest BCUT2D eigenvalue weighted by Crippen LogP contribution is -2.01. The highest BCUT2D eigenvalue weighted by Gasteiger charge is 2.20. The van der Waals surface area contributed by atoms with Crippen molar-refractivity contribution in [1.82, 2.24) is 4.98 Å². The zero-order valence-corrected chi connectivity index (χ0v) is 12.4. The van der Waals surface area contributed by atoms with Crippen LogP contribution in [0.2, 0.25) is 0 Å². The summed E-state index contributed by atoms with van der Waals surface area (Å²) in [6.45, 7) is 5.79. The number of pyridine rings is 1. The van der Waals surface area contributed by atoms with Crippen LogP contribution < -0.4 is 10.1 Å². The summed E-state index contributed by atoms with van der Waals surface area (Å²) in [7, 11) is 1.70. The predicted molar refractivity (Wildman–Crippen MR) is 81.2 cm³/mol. The molecule has 0 radical (unpaired) electrons. The van der Waals surface area contributed by atoms with Crippen LogP contribution >= 0.6 is 0 Å². The molecule has 0 unspecified atom stereocenters. The third kappa shape index (κ3) is 2.94. The van der Waals surface area contributed by atoms with E-state index >= 15 is 0 Å². The summed E-state index contributed by atoms with van der Waals surface area (Å²) < 4.78 is 5.76. The van der Waals surface area contributed by atoms with Gasteiger partial charge in [0.05, 0.1) is 4.92 Å². The van der Waals surface area contributed by atoms with Gasteiger partial charge in [-0.3, -0.25) is 10.1 Å². The van der Waals surface area contributed by atoms with Crippen molar-refractivity contribution in [2.45, 2.75) is 20.8 Å². The first kappa shape index (κ1) is 14.8. The molecule has 1 aromatic carbocycles. The molecule has 1 N–H and O–H groups in total. The van der Waals surface area contributed by atoms with Gasteiger partial charge in [-0.25, -0.2) is 0 Å². The molecule has 0 aliphatic rings. The summed E-state index contributed by atoms with van der Waals surface area (Å²) in [5, 5.41) is 14.0. The van der Waals surface area contributed by atoms with Crippen LogP contribution in [-0.4, -0.2) is 17.0 Å². The maximum absolute atomic E-state index is 11.1. The van der Waals surface area contributed by atoms with Gasteiger partial charge in [-0.15, -0.1) is 0 Å². The molecule has 0 atom stereocenters. The molecule has 1 aromatic heterocycles. The minimum atomic E-state index is -0.498. The molecule has 0 aliphatic carbocycles. The smallest absolute Gasteiger partial charge is 0.331 e. The average Bonchev–Trinajstić information content (AvgIpc) is 2.47. The largest absolute Gasteiger partial charge is 0.433 e. The van der Waals surface area contributed by atoms with Crippen molar-refractivity contribution in [1.29, 1.82) is 0 Å². The van der Waals surface area contributed by atoms with Crippen molar-refractivity contribution in [3.63, 3.8) is 0 Å². The van der Waals surface area contributed by atoms with E-state index in [2.05, 4.69) is 10.3 Å². The van der Waals surface area contributed by atoms with Gasteiger partial charge in [0, 0.05) is 13.1 Å². The van der Waals surface area contributed by atoms with Gasteiger partial charge in [0.2, 0.25) is 0 Å². The number of hydrogen-bond donors (Lipinski definition) is 1. The fourth-order valence-electron chi connectivity index (χ4n) is 1.97. The SMILES string of the molecule is CNc1ccc([N+](=O)[O-])c(Oc2c(C)ccc(C)c2C)n1. The molecule has 6 nitrogen and oxygen atoms in total. The quantitative estimate of drug-likeness (QED) is 0.684. The molecule has 0 aliphatic heterocycles. The Morgan fingerprint density at radius 2 is 1.81 bits per heavy atom. The van der Waals surface area contributed by atoms with Crippen LogP contribution in [0.1, 0.15) is 16.7 Å². The molecule has 0 bridgehead atoms. The van der Waals surface area contributed by atoms with Gasteiger partial charge in [-0.1, -0.05) is 12.1 Å².